The molecule has 2 aromatic rings. The highest BCUT2D eigenvalue weighted by Gasteiger charge is 2.07. The number of sulfone groups is 1. The van der Waals surface area contributed by atoms with E-state index in [2.05, 4.69) is 5.32 Å². The zero-order chi connectivity index (χ0) is 17.4. The van der Waals surface area contributed by atoms with E-state index in [1.807, 2.05) is 54.6 Å². The summed E-state index contributed by atoms with van der Waals surface area (Å²) in [7, 11) is -3.12. The number of benzene rings is 2. The highest BCUT2D eigenvalue weighted by atomic mass is 32.2. The second kappa shape index (κ2) is 8.49. The molecule has 0 unspecified atom stereocenters. The lowest BCUT2D eigenvalue weighted by Crippen LogP contribution is -2.25. The fourth-order valence-corrected chi connectivity index (χ4v) is 2.64. The van der Waals surface area contributed by atoms with E-state index >= 15 is 0 Å². The first-order valence-corrected chi connectivity index (χ1v) is 9.68. The molecule has 0 saturated carbocycles. The van der Waals surface area contributed by atoms with Gasteiger partial charge in [0.05, 0.1) is 5.75 Å². The summed E-state index contributed by atoms with van der Waals surface area (Å²) in [6, 6.07) is 17.3. The Balaban J connectivity index is 1.83. The Morgan fingerprint density at radius 2 is 1.75 bits per heavy atom. The Labute approximate surface area is 142 Å². The van der Waals surface area contributed by atoms with E-state index in [4.69, 9.17) is 4.74 Å². The fourth-order valence-electron chi connectivity index (χ4n) is 2.08. The van der Waals surface area contributed by atoms with Crippen molar-refractivity contribution < 1.29 is 17.9 Å². The average molecular weight is 347 g/mol. The quantitative estimate of drug-likeness (QED) is 0.795. The van der Waals surface area contributed by atoms with Crippen molar-refractivity contribution in [3.63, 3.8) is 0 Å². The smallest absolute Gasteiger partial charge is 0.221 e. The number of para-hydroxylation sites is 1. The van der Waals surface area contributed by atoms with E-state index < -0.39 is 9.84 Å². The van der Waals surface area contributed by atoms with Gasteiger partial charge in [-0.15, -0.1) is 0 Å². The van der Waals surface area contributed by atoms with Crippen molar-refractivity contribution in [1.82, 2.24) is 5.32 Å². The van der Waals surface area contributed by atoms with Gasteiger partial charge in [0.25, 0.3) is 0 Å². The van der Waals surface area contributed by atoms with Gasteiger partial charge in [-0.2, -0.15) is 0 Å². The van der Waals surface area contributed by atoms with Gasteiger partial charge in [0.2, 0.25) is 5.91 Å². The minimum absolute atomic E-state index is 0.0182. The summed E-state index contributed by atoms with van der Waals surface area (Å²) in [5.41, 5.74) is 1.94. The van der Waals surface area contributed by atoms with E-state index in [1.54, 1.807) is 0 Å². The molecular weight excluding hydrogens is 326 g/mol. The second-order valence-electron chi connectivity index (χ2n) is 5.58. The maximum absolute atomic E-state index is 11.7. The average Bonchev–Trinajstić information content (AvgIpc) is 2.57. The fraction of sp³-hybridized carbons (Fsp3) is 0.278. The molecule has 0 aliphatic rings. The zero-order valence-corrected chi connectivity index (χ0v) is 14.4. The maximum atomic E-state index is 11.7. The van der Waals surface area contributed by atoms with Crippen LogP contribution >= 0.6 is 0 Å². The molecule has 0 aliphatic heterocycles. The van der Waals surface area contributed by atoms with Crippen LogP contribution in [0.5, 0.6) is 5.75 Å². The molecule has 2 aromatic carbocycles. The van der Waals surface area contributed by atoms with Crippen LogP contribution in [0.1, 0.15) is 17.5 Å². The van der Waals surface area contributed by atoms with Crippen LogP contribution in [0, 0.1) is 0 Å². The Morgan fingerprint density at radius 3 is 2.46 bits per heavy atom. The molecule has 1 amide bonds. The number of ether oxygens (including phenoxy) is 1. The van der Waals surface area contributed by atoms with Crippen molar-refractivity contribution in [2.45, 2.75) is 19.6 Å². The third kappa shape index (κ3) is 6.83. The number of nitrogens with one attached hydrogen (secondary N) is 1. The van der Waals surface area contributed by atoms with Crippen LogP contribution in [-0.2, 0) is 27.8 Å². The molecule has 0 heterocycles. The predicted molar refractivity (Wildman–Crippen MR) is 93.4 cm³/mol. The number of carbonyl (C=O) groups is 1. The van der Waals surface area contributed by atoms with Crippen molar-refractivity contribution in [1.29, 1.82) is 0 Å². The topological polar surface area (TPSA) is 72.5 Å². The molecule has 0 bridgehead atoms. The van der Waals surface area contributed by atoms with Crippen LogP contribution < -0.4 is 10.1 Å². The summed E-state index contributed by atoms with van der Waals surface area (Å²) in [5.74, 6) is 0.396. The van der Waals surface area contributed by atoms with Crippen molar-refractivity contribution in [3.05, 3.63) is 65.7 Å². The van der Waals surface area contributed by atoms with E-state index in [9.17, 15) is 13.2 Å². The molecule has 0 saturated heterocycles. The molecule has 0 fully saturated rings. The van der Waals surface area contributed by atoms with Crippen LogP contribution in [0.3, 0.4) is 0 Å². The van der Waals surface area contributed by atoms with E-state index in [0.29, 0.717) is 13.2 Å². The predicted octanol–water partition coefficient (Wildman–Crippen LogP) is 2.32. The van der Waals surface area contributed by atoms with E-state index in [0.717, 1.165) is 23.1 Å². The number of carbonyl (C=O) groups excluding carboxylic acids is 1. The van der Waals surface area contributed by atoms with Gasteiger partial charge in [0, 0.05) is 19.2 Å². The molecule has 0 spiro atoms. The second-order valence-corrected chi connectivity index (χ2v) is 7.84. The molecule has 2 rings (SSSR count). The molecule has 0 aliphatic carbocycles. The molecule has 5 nitrogen and oxygen atoms in total. The SMILES string of the molecule is CS(=O)(=O)CCC(=O)NCc1cccc(COc2ccccc2)c1. The third-order valence-electron chi connectivity index (χ3n) is 3.33. The Kier molecular flexibility index (Phi) is 6.37. The van der Waals surface area contributed by atoms with Gasteiger partial charge in [-0.25, -0.2) is 8.42 Å². The Bertz CT molecular complexity index is 773. The van der Waals surface area contributed by atoms with Gasteiger partial charge in [-0.1, -0.05) is 42.5 Å². The minimum Gasteiger partial charge on any atom is -0.489 e. The minimum atomic E-state index is -3.12. The first kappa shape index (κ1) is 18.0. The van der Waals surface area contributed by atoms with E-state index in [-0.39, 0.29) is 18.1 Å². The highest BCUT2D eigenvalue weighted by Crippen LogP contribution is 2.12. The summed E-state index contributed by atoms with van der Waals surface area (Å²) in [5, 5.41) is 2.73. The lowest BCUT2D eigenvalue weighted by atomic mass is 10.1. The molecule has 128 valence electrons. The van der Waals surface area contributed by atoms with Crippen molar-refractivity contribution in [2.75, 3.05) is 12.0 Å². The first-order chi connectivity index (χ1) is 11.4. The van der Waals surface area contributed by atoms with Gasteiger partial charge in [-0.05, 0) is 23.3 Å². The van der Waals surface area contributed by atoms with Crippen LogP contribution in [0.25, 0.3) is 0 Å². The van der Waals surface area contributed by atoms with Crippen LogP contribution in [-0.4, -0.2) is 26.3 Å². The molecular formula is C18H21NO4S. The van der Waals surface area contributed by atoms with Gasteiger partial charge in [0.1, 0.15) is 22.2 Å². The number of rotatable bonds is 8. The zero-order valence-electron chi connectivity index (χ0n) is 13.6. The lowest BCUT2D eigenvalue weighted by Gasteiger charge is -2.09. The molecule has 0 radical (unpaired) electrons. The van der Waals surface area contributed by atoms with Crippen LogP contribution in [0.2, 0.25) is 0 Å². The van der Waals surface area contributed by atoms with Crippen LogP contribution in [0.15, 0.2) is 54.6 Å². The van der Waals surface area contributed by atoms with Crippen LogP contribution in [0.4, 0.5) is 0 Å². The van der Waals surface area contributed by atoms with Gasteiger partial charge < -0.3 is 10.1 Å². The monoisotopic (exact) mass is 347 g/mol. The normalized spacial score (nSPS) is 11.0. The summed E-state index contributed by atoms with van der Waals surface area (Å²) in [4.78, 5) is 11.7. The molecule has 0 atom stereocenters. The number of hydrogen-bond donors (Lipinski definition) is 1. The molecule has 24 heavy (non-hydrogen) atoms. The third-order valence-corrected chi connectivity index (χ3v) is 4.28. The summed E-state index contributed by atoms with van der Waals surface area (Å²) in [6.07, 6.45) is 1.10. The summed E-state index contributed by atoms with van der Waals surface area (Å²) in [6.45, 7) is 0.807. The number of amides is 1. The Morgan fingerprint density at radius 1 is 1.04 bits per heavy atom. The highest BCUT2D eigenvalue weighted by molar-refractivity contribution is 7.90. The summed E-state index contributed by atoms with van der Waals surface area (Å²) >= 11 is 0. The Hall–Kier alpha value is -2.34. The largest absolute Gasteiger partial charge is 0.489 e. The standard InChI is InChI=1S/C18H21NO4S/c1-24(21,22)11-10-18(20)19-13-15-6-5-7-16(12-15)14-23-17-8-3-2-4-9-17/h2-9,12H,10-11,13-14H2,1H3,(H,19,20). The molecule has 1 N–H and O–H groups in total. The molecule has 0 aromatic heterocycles. The summed E-state index contributed by atoms with van der Waals surface area (Å²) < 4.78 is 27.8. The van der Waals surface area contributed by atoms with Gasteiger partial charge >= 0.3 is 0 Å². The maximum Gasteiger partial charge on any atom is 0.221 e. The van der Waals surface area contributed by atoms with Crippen molar-refractivity contribution >= 4 is 15.7 Å². The van der Waals surface area contributed by atoms with Gasteiger partial charge in [0.15, 0.2) is 0 Å². The lowest BCUT2D eigenvalue weighted by molar-refractivity contribution is -0.120. The molecule has 6 heteroatoms. The van der Waals surface area contributed by atoms with Gasteiger partial charge in [-0.3, -0.25) is 4.79 Å². The first-order valence-electron chi connectivity index (χ1n) is 7.62. The van der Waals surface area contributed by atoms with E-state index in [1.165, 1.54) is 0 Å². The van der Waals surface area contributed by atoms with Crippen molar-refractivity contribution in [2.24, 2.45) is 0 Å². The van der Waals surface area contributed by atoms with Crippen molar-refractivity contribution in [3.8, 4) is 5.75 Å². The number of hydrogen-bond acceptors (Lipinski definition) is 4.